The Labute approximate surface area is 136 Å². The minimum Gasteiger partial charge on any atom is -0.347 e. The smallest absolute Gasteiger partial charge is 0.243 e. The summed E-state index contributed by atoms with van der Waals surface area (Å²) in [5.41, 5.74) is 5.09. The summed E-state index contributed by atoms with van der Waals surface area (Å²) in [5, 5.41) is 5.43. The first-order valence-electron chi connectivity index (χ1n) is 7.63. The van der Waals surface area contributed by atoms with Crippen LogP contribution in [-0.4, -0.2) is 18.4 Å². The Bertz CT molecular complexity index is 723. The van der Waals surface area contributed by atoms with E-state index < -0.39 is 0 Å². The van der Waals surface area contributed by atoms with Crippen molar-refractivity contribution in [1.82, 2.24) is 5.32 Å². The highest BCUT2D eigenvalue weighted by Crippen LogP contribution is 2.13. The normalized spacial score (nSPS) is 10.2. The molecule has 0 spiro atoms. The Morgan fingerprint density at radius 1 is 0.913 bits per heavy atom. The number of hydrogen-bond donors (Lipinski definition) is 2. The van der Waals surface area contributed by atoms with Gasteiger partial charge in [0.05, 0.1) is 13.0 Å². The van der Waals surface area contributed by atoms with Crippen molar-refractivity contribution < 1.29 is 9.59 Å². The van der Waals surface area contributed by atoms with Crippen LogP contribution in [0.5, 0.6) is 0 Å². The molecule has 0 fully saturated rings. The first-order valence-corrected chi connectivity index (χ1v) is 7.63. The molecule has 0 radical (unpaired) electrons. The number of anilines is 1. The molecule has 2 N–H and O–H groups in total. The van der Waals surface area contributed by atoms with Gasteiger partial charge in [0.2, 0.25) is 11.8 Å². The zero-order chi connectivity index (χ0) is 16.8. The molecule has 2 rings (SSSR count). The Hall–Kier alpha value is -2.62. The van der Waals surface area contributed by atoms with Gasteiger partial charge in [0.15, 0.2) is 0 Å². The van der Waals surface area contributed by atoms with Crippen LogP contribution < -0.4 is 10.6 Å². The Kier molecular flexibility index (Phi) is 5.52. The second-order valence-corrected chi connectivity index (χ2v) is 5.79. The molecule has 120 valence electrons. The molecule has 0 aliphatic rings. The van der Waals surface area contributed by atoms with Gasteiger partial charge in [-0.1, -0.05) is 35.9 Å². The highest BCUT2D eigenvalue weighted by atomic mass is 16.2. The van der Waals surface area contributed by atoms with E-state index in [2.05, 4.69) is 10.6 Å². The number of carbonyl (C=O) groups is 2. The van der Waals surface area contributed by atoms with Crippen LogP contribution in [0.15, 0.2) is 42.5 Å². The number of aryl methyl sites for hydroxylation is 3. The van der Waals surface area contributed by atoms with E-state index >= 15 is 0 Å². The van der Waals surface area contributed by atoms with Crippen molar-refractivity contribution in [3.05, 3.63) is 64.7 Å². The third kappa shape index (κ3) is 5.25. The van der Waals surface area contributed by atoms with Crippen molar-refractivity contribution in [2.75, 3.05) is 11.9 Å². The molecule has 0 aromatic heterocycles. The second-order valence-electron chi connectivity index (χ2n) is 5.79. The predicted molar refractivity (Wildman–Crippen MR) is 92.4 cm³/mol. The van der Waals surface area contributed by atoms with Gasteiger partial charge in [0.1, 0.15) is 0 Å². The van der Waals surface area contributed by atoms with Crippen LogP contribution in [-0.2, 0) is 16.0 Å². The summed E-state index contributed by atoms with van der Waals surface area (Å²) in [6, 6.07) is 13.5. The van der Waals surface area contributed by atoms with Crippen LogP contribution in [0.4, 0.5) is 5.69 Å². The zero-order valence-electron chi connectivity index (χ0n) is 13.8. The topological polar surface area (TPSA) is 58.2 Å². The Balaban J connectivity index is 1.81. The molecule has 2 amide bonds. The van der Waals surface area contributed by atoms with Gasteiger partial charge in [0, 0.05) is 5.69 Å². The summed E-state index contributed by atoms with van der Waals surface area (Å²) in [5.74, 6) is -0.392. The average Bonchev–Trinajstić information content (AvgIpc) is 2.49. The van der Waals surface area contributed by atoms with Crippen molar-refractivity contribution in [2.24, 2.45) is 0 Å². The number of benzene rings is 2. The summed E-state index contributed by atoms with van der Waals surface area (Å²) in [6.07, 6.45) is 0.276. The standard InChI is InChI=1S/C19H22N2O2/c1-13-5-4-6-16(9-13)11-18(22)20-12-19(23)21-17-8-7-14(2)15(3)10-17/h4-10H,11-12H2,1-3H3,(H,20,22)(H,21,23). The number of carbonyl (C=O) groups excluding carboxylic acids is 2. The maximum atomic E-state index is 11.9. The highest BCUT2D eigenvalue weighted by Gasteiger charge is 2.07. The van der Waals surface area contributed by atoms with Gasteiger partial charge in [-0.25, -0.2) is 0 Å². The minimum absolute atomic E-state index is 0.0302. The van der Waals surface area contributed by atoms with Crippen LogP contribution in [0.25, 0.3) is 0 Å². The van der Waals surface area contributed by atoms with Gasteiger partial charge in [-0.15, -0.1) is 0 Å². The average molecular weight is 310 g/mol. The maximum absolute atomic E-state index is 11.9. The molecular formula is C19H22N2O2. The summed E-state index contributed by atoms with van der Waals surface area (Å²) in [6.45, 7) is 5.97. The zero-order valence-corrected chi connectivity index (χ0v) is 13.8. The molecule has 0 aliphatic heterocycles. The lowest BCUT2D eigenvalue weighted by atomic mass is 10.1. The van der Waals surface area contributed by atoms with E-state index in [9.17, 15) is 9.59 Å². The molecule has 4 nitrogen and oxygen atoms in total. The third-order valence-corrected chi connectivity index (χ3v) is 3.68. The fraction of sp³-hybridized carbons (Fsp3) is 0.263. The van der Waals surface area contributed by atoms with E-state index in [0.717, 1.165) is 22.4 Å². The van der Waals surface area contributed by atoms with Gasteiger partial charge in [-0.3, -0.25) is 9.59 Å². The van der Waals surface area contributed by atoms with Crippen LogP contribution in [0.1, 0.15) is 22.3 Å². The lowest BCUT2D eigenvalue weighted by Crippen LogP contribution is -2.33. The van der Waals surface area contributed by atoms with Gasteiger partial charge in [-0.05, 0) is 49.6 Å². The van der Waals surface area contributed by atoms with Crippen LogP contribution in [0.3, 0.4) is 0 Å². The molecular weight excluding hydrogens is 288 g/mol. The van der Waals surface area contributed by atoms with Gasteiger partial charge < -0.3 is 10.6 Å². The van der Waals surface area contributed by atoms with Gasteiger partial charge in [-0.2, -0.15) is 0 Å². The van der Waals surface area contributed by atoms with Gasteiger partial charge >= 0.3 is 0 Å². The molecule has 23 heavy (non-hydrogen) atoms. The Morgan fingerprint density at radius 2 is 1.70 bits per heavy atom. The molecule has 0 saturated carbocycles. The molecule has 4 heteroatoms. The lowest BCUT2D eigenvalue weighted by molar-refractivity contribution is -0.123. The van der Waals surface area contributed by atoms with E-state index in [4.69, 9.17) is 0 Å². The molecule has 0 bridgehead atoms. The fourth-order valence-corrected chi connectivity index (χ4v) is 2.27. The quantitative estimate of drug-likeness (QED) is 0.892. The van der Waals surface area contributed by atoms with E-state index in [0.29, 0.717) is 0 Å². The van der Waals surface area contributed by atoms with Crippen molar-refractivity contribution in [3.8, 4) is 0 Å². The first-order chi connectivity index (χ1) is 10.9. The van der Waals surface area contributed by atoms with Crippen molar-refractivity contribution in [2.45, 2.75) is 27.2 Å². The molecule has 0 unspecified atom stereocenters. The molecule has 0 atom stereocenters. The summed E-state index contributed by atoms with van der Waals surface area (Å²) in [7, 11) is 0. The second kappa shape index (κ2) is 7.58. The van der Waals surface area contributed by atoms with Gasteiger partial charge in [0.25, 0.3) is 0 Å². The predicted octanol–water partition coefficient (Wildman–Crippen LogP) is 2.91. The summed E-state index contributed by atoms with van der Waals surface area (Å²) >= 11 is 0. The SMILES string of the molecule is Cc1cccc(CC(=O)NCC(=O)Nc2ccc(C)c(C)c2)c1. The van der Waals surface area contributed by atoms with Crippen LogP contribution in [0, 0.1) is 20.8 Å². The minimum atomic E-state index is -0.231. The number of hydrogen-bond acceptors (Lipinski definition) is 2. The molecule has 2 aromatic rings. The maximum Gasteiger partial charge on any atom is 0.243 e. The first kappa shape index (κ1) is 16.7. The van der Waals surface area contributed by atoms with Crippen molar-refractivity contribution >= 4 is 17.5 Å². The molecule has 0 aliphatic carbocycles. The molecule has 0 heterocycles. The van der Waals surface area contributed by atoms with E-state index in [1.54, 1.807) is 0 Å². The van der Waals surface area contributed by atoms with Crippen LogP contribution in [0.2, 0.25) is 0 Å². The molecule has 2 aromatic carbocycles. The number of nitrogens with one attached hydrogen (secondary N) is 2. The van der Waals surface area contributed by atoms with Crippen molar-refractivity contribution in [3.63, 3.8) is 0 Å². The van der Waals surface area contributed by atoms with Crippen LogP contribution >= 0.6 is 0 Å². The Morgan fingerprint density at radius 3 is 2.39 bits per heavy atom. The number of rotatable bonds is 5. The van der Waals surface area contributed by atoms with E-state index in [1.165, 1.54) is 5.56 Å². The van der Waals surface area contributed by atoms with Crippen molar-refractivity contribution in [1.29, 1.82) is 0 Å². The summed E-state index contributed by atoms with van der Waals surface area (Å²) in [4.78, 5) is 23.8. The third-order valence-electron chi connectivity index (χ3n) is 3.68. The van der Waals surface area contributed by atoms with E-state index in [-0.39, 0.29) is 24.8 Å². The highest BCUT2D eigenvalue weighted by molar-refractivity contribution is 5.94. The fourth-order valence-electron chi connectivity index (χ4n) is 2.27. The van der Waals surface area contributed by atoms with E-state index in [1.807, 2.05) is 63.2 Å². The monoisotopic (exact) mass is 310 g/mol. The largest absolute Gasteiger partial charge is 0.347 e. The number of amides is 2. The lowest BCUT2D eigenvalue weighted by Gasteiger charge is -2.09. The molecule has 0 saturated heterocycles. The summed E-state index contributed by atoms with van der Waals surface area (Å²) < 4.78 is 0.